The molecule has 3 N–H and O–H groups in total. The number of anilines is 1. The third kappa shape index (κ3) is 3.65. The molecule has 2 aliphatic rings. The first-order chi connectivity index (χ1) is 13.3. The van der Waals surface area contributed by atoms with E-state index in [1.165, 1.54) is 6.20 Å². The van der Waals surface area contributed by atoms with Gasteiger partial charge in [-0.25, -0.2) is 9.18 Å². The number of hydrogen-bond acceptors (Lipinski definition) is 5. The highest BCUT2D eigenvalue weighted by molar-refractivity contribution is 6.37. The standard InChI is InChI=1S/C19H21ClFN3O4.ClH/c1-23-6-2-3-10(23)8-28-18-13(20)16-12(15(22)14(18)21)17(25)11(19(26)27)7-24(16)9-4-5-9;/h7,9-10H,2-6,8,22H2,1H3,(H,26,27);1H. The molecule has 2 aromatic rings. The van der Waals surface area contributed by atoms with E-state index in [0.29, 0.717) is 0 Å². The highest BCUT2D eigenvalue weighted by Crippen LogP contribution is 2.44. The number of nitrogens with two attached hydrogens (primary N) is 1. The molecule has 1 unspecified atom stereocenters. The van der Waals surface area contributed by atoms with Gasteiger partial charge in [-0.2, -0.15) is 0 Å². The van der Waals surface area contributed by atoms with Crippen LogP contribution in [0.4, 0.5) is 10.1 Å². The summed E-state index contributed by atoms with van der Waals surface area (Å²) in [4.78, 5) is 26.3. The van der Waals surface area contributed by atoms with E-state index in [1.54, 1.807) is 4.57 Å². The molecule has 29 heavy (non-hydrogen) atoms. The van der Waals surface area contributed by atoms with Crippen molar-refractivity contribution in [3.8, 4) is 5.75 Å². The number of likely N-dealkylation sites (N-methyl/N-ethyl adjacent to an activating group) is 1. The fourth-order valence-electron chi connectivity index (χ4n) is 3.83. The van der Waals surface area contributed by atoms with Crippen molar-refractivity contribution in [1.82, 2.24) is 9.47 Å². The third-order valence-corrected chi connectivity index (χ3v) is 5.96. The summed E-state index contributed by atoms with van der Waals surface area (Å²) in [5.74, 6) is -2.51. The van der Waals surface area contributed by atoms with E-state index in [0.717, 1.165) is 32.2 Å². The molecule has 10 heteroatoms. The van der Waals surface area contributed by atoms with Crippen molar-refractivity contribution >= 4 is 46.6 Å². The van der Waals surface area contributed by atoms with E-state index in [4.69, 9.17) is 22.1 Å². The molecule has 1 saturated heterocycles. The molecule has 0 radical (unpaired) electrons. The third-order valence-electron chi connectivity index (χ3n) is 5.61. The zero-order valence-electron chi connectivity index (χ0n) is 15.8. The summed E-state index contributed by atoms with van der Waals surface area (Å²) in [6, 6.07) is 0.143. The van der Waals surface area contributed by atoms with E-state index in [1.807, 2.05) is 7.05 Å². The Morgan fingerprint density at radius 3 is 2.66 bits per heavy atom. The summed E-state index contributed by atoms with van der Waals surface area (Å²) in [6.45, 7) is 1.20. The number of benzene rings is 1. The number of pyridine rings is 1. The number of likely N-dealkylation sites (tertiary alicyclic amines) is 1. The second kappa shape index (κ2) is 8.01. The number of fused-ring (bicyclic) bond motifs is 1. The summed E-state index contributed by atoms with van der Waals surface area (Å²) >= 11 is 6.48. The summed E-state index contributed by atoms with van der Waals surface area (Å²) in [5, 5.41) is 9.09. The van der Waals surface area contributed by atoms with E-state index >= 15 is 0 Å². The highest BCUT2D eigenvalue weighted by atomic mass is 35.5. The minimum Gasteiger partial charge on any atom is -0.487 e. The maximum atomic E-state index is 15.0. The maximum Gasteiger partial charge on any atom is 0.341 e. The Hall–Kier alpha value is -2.03. The van der Waals surface area contributed by atoms with Crippen LogP contribution in [0.2, 0.25) is 5.02 Å². The number of halogens is 3. The molecule has 1 aromatic heterocycles. The minimum atomic E-state index is -1.39. The number of ether oxygens (including phenoxy) is 1. The van der Waals surface area contributed by atoms with Crippen molar-refractivity contribution in [1.29, 1.82) is 0 Å². The second-order valence-electron chi connectivity index (χ2n) is 7.50. The van der Waals surface area contributed by atoms with Crippen LogP contribution in [0.15, 0.2) is 11.0 Å². The van der Waals surface area contributed by atoms with E-state index in [9.17, 15) is 19.1 Å². The molecule has 158 valence electrons. The zero-order chi connectivity index (χ0) is 20.2. The number of rotatable bonds is 5. The van der Waals surface area contributed by atoms with Gasteiger partial charge in [-0.1, -0.05) is 11.6 Å². The minimum absolute atomic E-state index is 0. The SMILES string of the molecule is CN1CCCC1COc1c(F)c(N)c2c(=O)c(C(=O)O)cn(C3CC3)c2c1Cl.Cl. The van der Waals surface area contributed by atoms with Crippen LogP contribution in [-0.4, -0.2) is 46.8 Å². The monoisotopic (exact) mass is 445 g/mol. The van der Waals surface area contributed by atoms with Gasteiger partial charge in [-0.05, 0) is 39.3 Å². The predicted molar refractivity (Wildman–Crippen MR) is 111 cm³/mol. The van der Waals surface area contributed by atoms with Crippen molar-refractivity contribution < 1.29 is 19.0 Å². The van der Waals surface area contributed by atoms with Gasteiger partial charge in [0.1, 0.15) is 17.2 Å². The van der Waals surface area contributed by atoms with Crippen LogP contribution in [0.3, 0.4) is 0 Å². The second-order valence-corrected chi connectivity index (χ2v) is 7.88. The van der Waals surface area contributed by atoms with Crippen LogP contribution in [-0.2, 0) is 0 Å². The number of nitrogens with zero attached hydrogens (tertiary/aromatic N) is 2. The van der Waals surface area contributed by atoms with Gasteiger partial charge in [0, 0.05) is 18.3 Å². The average molecular weight is 446 g/mol. The number of aromatic carboxylic acids is 1. The quantitative estimate of drug-likeness (QED) is 0.685. The lowest BCUT2D eigenvalue weighted by atomic mass is 10.1. The van der Waals surface area contributed by atoms with Crippen LogP contribution < -0.4 is 15.9 Å². The first kappa shape index (κ1) is 21.7. The highest BCUT2D eigenvalue weighted by Gasteiger charge is 2.32. The van der Waals surface area contributed by atoms with Crippen molar-refractivity contribution in [2.24, 2.45) is 0 Å². The summed E-state index contributed by atoms with van der Waals surface area (Å²) in [5.41, 5.74) is 4.42. The lowest BCUT2D eigenvalue weighted by Crippen LogP contribution is -2.31. The Labute approximate surface area is 177 Å². The van der Waals surface area contributed by atoms with Crippen LogP contribution in [0.25, 0.3) is 10.9 Å². The van der Waals surface area contributed by atoms with Crippen molar-refractivity contribution in [3.05, 3.63) is 32.8 Å². The zero-order valence-corrected chi connectivity index (χ0v) is 17.4. The average Bonchev–Trinajstić information content (AvgIpc) is 3.41. The maximum absolute atomic E-state index is 15.0. The molecule has 2 heterocycles. The fourth-order valence-corrected chi connectivity index (χ4v) is 4.16. The number of nitrogen functional groups attached to an aromatic ring is 1. The Bertz CT molecular complexity index is 1040. The smallest absolute Gasteiger partial charge is 0.341 e. The molecular formula is C19H22Cl2FN3O4. The number of carboxylic acid groups (broad SMARTS) is 1. The molecule has 1 aliphatic heterocycles. The van der Waals surface area contributed by atoms with Gasteiger partial charge < -0.3 is 25.0 Å². The van der Waals surface area contributed by atoms with Crippen molar-refractivity contribution in [2.45, 2.75) is 37.8 Å². The Morgan fingerprint density at radius 2 is 2.10 bits per heavy atom. The molecule has 0 bridgehead atoms. The van der Waals surface area contributed by atoms with E-state index in [2.05, 4.69) is 4.90 Å². The summed E-state index contributed by atoms with van der Waals surface area (Å²) in [6.07, 6.45) is 4.87. The first-order valence-corrected chi connectivity index (χ1v) is 9.60. The molecule has 1 atom stereocenters. The van der Waals surface area contributed by atoms with Crippen LogP contribution >= 0.6 is 24.0 Å². The topological polar surface area (TPSA) is 97.8 Å². The Balaban J connectivity index is 0.00000240. The summed E-state index contributed by atoms with van der Waals surface area (Å²) < 4.78 is 22.3. The fraction of sp³-hybridized carbons (Fsp3) is 0.474. The molecule has 0 spiro atoms. The van der Waals surface area contributed by atoms with Crippen LogP contribution in [0, 0.1) is 5.82 Å². The summed E-state index contributed by atoms with van der Waals surface area (Å²) in [7, 11) is 1.98. The number of hydrogen-bond donors (Lipinski definition) is 2. The first-order valence-electron chi connectivity index (χ1n) is 9.22. The molecule has 1 aromatic carbocycles. The lowest BCUT2D eigenvalue weighted by Gasteiger charge is -2.22. The predicted octanol–water partition coefficient (Wildman–Crippen LogP) is 3.30. The Morgan fingerprint density at radius 1 is 1.41 bits per heavy atom. The van der Waals surface area contributed by atoms with Gasteiger partial charge >= 0.3 is 5.97 Å². The van der Waals surface area contributed by atoms with E-state index < -0.39 is 28.5 Å². The molecule has 0 amide bonds. The number of carboxylic acids is 1. The molecule has 7 nitrogen and oxygen atoms in total. The van der Waals surface area contributed by atoms with Gasteiger partial charge in [0.05, 0.1) is 16.6 Å². The number of carbonyl (C=O) groups is 1. The molecule has 2 fully saturated rings. The lowest BCUT2D eigenvalue weighted by molar-refractivity contribution is 0.0695. The van der Waals surface area contributed by atoms with Gasteiger partial charge in [-0.15, -0.1) is 12.4 Å². The van der Waals surface area contributed by atoms with Crippen LogP contribution in [0.5, 0.6) is 5.75 Å². The van der Waals surface area contributed by atoms with E-state index in [-0.39, 0.29) is 52.8 Å². The molecule has 4 rings (SSSR count). The van der Waals surface area contributed by atoms with Crippen molar-refractivity contribution in [3.63, 3.8) is 0 Å². The van der Waals surface area contributed by atoms with Gasteiger partial charge in [0.2, 0.25) is 5.43 Å². The molecular weight excluding hydrogens is 424 g/mol. The van der Waals surface area contributed by atoms with Crippen LogP contribution in [0.1, 0.15) is 42.1 Å². The largest absolute Gasteiger partial charge is 0.487 e. The van der Waals surface area contributed by atoms with Gasteiger partial charge in [0.15, 0.2) is 11.6 Å². The molecule has 1 aliphatic carbocycles. The van der Waals surface area contributed by atoms with Crippen molar-refractivity contribution in [2.75, 3.05) is 25.9 Å². The van der Waals surface area contributed by atoms with Gasteiger partial charge in [0.25, 0.3) is 0 Å². The van der Waals surface area contributed by atoms with Gasteiger partial charge in [-0.3, -0.25) is 4.79 Å². The normalized spacial score (nSPS) is 19.3. The Kier molecular flexibility index (Phi) is 5.98. The molecule has 1 saturated carbocycles. The number of aromatic nitrogens is 1.